The monoisotopic (exact) mass is 285 g/mol. The number of aliphatic hydroxyl groups excluding tert-OH is 2. The molecule has 0 aliphatic rings. The predicted molar refractivity (Wildman–Crippen MR) is 80.3 cm³/mol. The molecular weight excluding hydrogens is 270 g/mol. The van der Waals surface area contributed by atoms with Gasteiger partial charge >= 0.3 is 0 Å². The standard InChI is InChI=1S/C16H15NO4/c18-10-14-3-1-2-12(8-14)4-5-13-6-7-16(17(20)21)15(9-13)11-19/h1-9,18-19H,10-11H2. The van der Waals surface area contributed by atoms with Gasteiger partial charge in [-0.1, -0.05) is 30.4 Å². The van der Waals surface area contributed by atoms with Gasteiger partial charge in [0.1, 0.15) is 0 Å². The van der Waals surface area contributed by atoms with Crippen LogP contribution in [-0.4, -0.2) is 15.1 Å². The van der Waals surface area contributed by atoms with E-state index in [1.807, 2.05) is 30.3 Å². The van der Waals surface area contributed by atoms with E-state index in [9.17, 15) is 15.2 Å². The number of rotatable bonds is 5. The fraction of sp³-hybridized carbons (Fsp3) is 0.125. The van der Waals surface area contributed by atoms with Gasteiger partial charge in [0.25, 0.3) is 5.69 Å². The van der Waals surface area contributed by atoms with Crippen molar-refractivity contribution in [3.63, 3.8) is 0 Å². The van der Waals surface area contributed by atoms with E-state index in [0.717, 1.165) is 16.7 Å². The normalized spacial score (nSPS) is 11.0. The third-order valence-corrected chi connectivity index (χ3v) is 3.07. The zero-order valence-corrected chi connectivity index (χ0v) is 11.3. The molecule has 21 heavy (non-hydrogen) atoms. The minimum atomic E-state index is -0.510. The first-order valence-corrected chi connectivity index (χ1v) is 6.40. The number of benzene rings is 2. The van der Waals surface area contributed by atoms with E-state index in [2.05, 4.69) is 0 Å². The van der Waals surface area contributed by atoms with Gasteiger partial charge in [-0.3, -0.25) is 10.1 Å². The maximum absolute atomic E-state index is 10.8. The molecule has 108 valence electrons. The number of hydrogen-bond acceptors (Lipinski definition) is 4. The maximum Gasteiger partial charge on any atom is 0.274 e. The van der Waals surface area contributed by atoms with Crippen LogP contribution in [0.3, 0.4) is 0 Å². The highest BCUT2D eigenvalue weighted by atomic mass is 16.6. The van der Waals surface area contributed by atoms with Gasteiger partial charge < -0.3 is 10.2 Å². The van der Waals surface area contributed by atoms with Gasteiger partial charge in [-0.15, -0.1) is 0 Å². The van der Waals surface area contributed by atoms with Crippen molar-refractivity contribution in [2.75, 3.05) is 0 Å². The molecule has 0 saturated heterocycles. The summed E-state index contributed by atoms with van der Waals surface area (Å²) in [6, 6.07) is 12.0. The van der Waals surface area contributed by atoms with Crippen LogP contribution in [-0.2, 0) is 13.2 Å². The summed E-state index contributed by atoms with van der Waals surface area (Å²) in [6.07, 6.45) is 3.65. The SMILES string of the molecule is O=[N+]([O-])c1ccc(C=Cc2cccc(CO)c2)cc1CO. The Balaban J connectivity index is 2.26. The van der Waals surface area contributed by atoms with Crippen LogP contribution in [0.5, 0.6) is 0 Å². The first-order chi connectivity index (χ1) is 10.1. The molecule has 0 fully saturated rings. The Morgan fingerprint density at radius 3 is 2.33 bits per heavy atom. The Morgan fingerprint density at radius 2 is 1.71 bits per heavy atom. The second kappa shape index (κ2) is 6.78. The van der Waals surface area contributed by atoms with E-state index in [4.69, 9.17) is 5.11 Å². The van der Waals surface area contributed by atoms with Gasteiger partial charge in [0.05, 0.1) is 23.7 Å². The Hall–Kier alpha value is -2.50. The second-order valence-corrected chi connectivity index (χ2v) is 4.54. The summed E-state index contributed by atoms with van der Waals surface area (Å²) in [4.78, 5) is 10.3. The van der Waals surface area contributed by atoms with Crippen LogP contribution in [0.15, 0.2) is 42.5 Å². The number of nitro benzene ring substituents is 1. The van der Waals surface area contributed by atoms with Crippen molar-refractivity contribution in [2.45, 2.75) is 13.2 Å². The molecule has 0 bridgehead atoms. The van der Waals surface area contributed by atoms with Gasteiger partial charge in [0.15, 0.2) is 0 Å². The Kier molecular flexibility index (Phi) is 4.81. The van der Waals surface area contributed by atoms with Crippen molar-refractivity contribution >= 4 is 17.8 Å². The van der Waals surface area contributed by atoms with Crippen LogP contribution >= 0.6 is 0 Å². The number of aliphatic hydroxyl groups is 2. The van der Waals surface area contributed by atoms with Crippen molar-refractivity contribution in [2.24, 2.45) is 0 Å². The van der Waals surface area contributed by atoms with Crippen molar-refractivity contribution in [3.05, 3.63) is 74.8 Å². The van der Waals surface area contributed by atoms with E-state index in [1.165, 1.54) is 6.07 Å². The van der Waals surface area contributed by atoms with Crippen molar-refractivity contribution < 1.29 is 15.1 Å². The average Bonchev–Trinajstić information content (AvgIpc) is 2.52. The summed E-state index contributed by atoms with van der Waals surface area (Å²) in [7, 11) is 0. The Bertz CT molecular complexity index is 680. The topological polar surface area (TPSA) is 83.6 Å². The maximum atomic E-state index is 10.8. The second-order valence-electron chi connectivity index (χ2n) is 4.54. The van der Waals surface area contributed by atoms with Crippen LogP contribution in [0.4, 0.5) is 5.69 Å². The van der Waals surface area contributed by atoms with Gasteiger partial charge in [-0.2, -0.15) is 0 Å². The lowest BCUT2D eigenvalue weighted by molar-refractivity contribution is -0.385. The quantitative estimate of drug-likeness (QED) is 0.502. The van der Waals surface area contributed by atoms with Crippen LogP contribution in [0.2, 0.25) is 0 Å². The zero-order valence-electron chi connectivity index (χ0n) is 11.3. The Labute approximate surface area is 122 Å². The fourth-order valence-corrected chi connectivity index (χ4v) is 2.00. The molecule has 0 saturated carbocycles. The third kappa shape index (κ3) is 3.75. The number of nitrogens with zero attached hydrogens (tertiary/aromatic N) is 1. The minimum absolute atomic E-state index is 0.0200. The molecule has 0 spiro atoms. The molecule has 2 aromatic carbocycles. The zero-order chi connectivity index (χ0) is 15.2. The van der Waals surface area contributed by atoms with E-state index >= 15 is 0 Å². The summed E-state index contributed by atoms with van der Waals surface area (Å²) in [5.74, 6) is 0. The van der Waals surface area contributed by atoms with Gasteiger partial charge in [0, 0.05) is 6.07 Å². The molecule has 0 radical (unpaired) electrons. The van der Waals surface area contributed by atoms with Crippen LogP contribution in [0.1, 0.15) is 22.3 Å². The molecule has 0 atom stereocenters. The van der Waals surface area contributed by atoms with Gasteiger partial charge in [-0.25, -0.2) is 0 Å². The summed E-state index contributed by atoms with van der Waals surface area (Å²) in [5, 5.41) is 29.1. The largest absolute Gasteiger partial charge is 0.392 e. The number of nitro groups is 1. The summed E-state index contributed by atoms with van der Waals surface area (Å²) < 4.78 is 0. The molecule has 2 aromatic rings. The molecule has 0 aliphatic carbocycles. The molecule has 0 unspecified atom stereocenters. The molecule has 5 heteroatoms. The summed E-state index contributed by atoms with van der Waals surface area (Å²) in [5.41, 5.74) is 2.70. The lowest BCUT2D eigenvalue weighted by atomic mass is 10.1. The van der Waals surface area contributed by atoms with Crippen molar-refractivity contribution in [1.82, 2.24) is 0 Å². The lowest BCUT2D eigenvalue weighted by Crippen LogP contribution is -1.95. The fourth-order valence-electron chi connectivity index (χ4n) is 2.00. The highest BCUT2D eigenvalue weighted by Crippen LogP contribution is 2.21. The molecule has 0 heterocycles. The smallest absolute Gasteiger partial charge is 0.274 e. The minimum Gasteiger partial charge on any atom is -0.392 e. The third-order valence-electron chi connectivity index (χ3n) is 3.07. The molecule has 5 nitrogen and oxygen atoms in total. The van der Waals surface area contributed by atoms with Gasteiger partial charge in [-0.05, 0) is 34.9 Å². The van der Waals surface area contributed by atoms with Crippen LogP contribution < -0.4 is 0 Å². The first kappa shape index (κ1) is 14.9. The van der Waals surface area contributed by atoms with Crippen molar-refractivity contribution in [3.8, 4) is 0 Å². The average molecular weight is 285 g/mol. The van der Waals surface area contributed by atoms with Crippen LogP contribution in [0.25, 0.3) is 12.2 Å². The lowest BCUT2D eigenvalue weighted by Gasteiger charge is -2.01. The summed E-state index contributed by atoms with van der Waals surface area (Å²) in [6.45, 7) is -0.397. The van der Waals surface area contributed by atoms with Crippen LogP contribution in [0, 0.1) is 10.1 Å². The molecule has 2 rings (SSSR count). The first-order valence-electron chi connectivity index (χ1n) is 6.40. The van der Waals surface area contributed by atoms with E-state index in [1.54, 1.807) is 18.2 Å². The molecule has 0 aromatic heterocycles. The highest BCUT2D eigenvalue weighted by Gasteiger charge is 2.12. The predicted octanol–water partition coefficient (Wildman–Crippen LogP) is 2.75. The number of hydrogen-bond donors (Lipinski definition) is 2. The van der Waals surface area contributed by atoms with E-state index in [0.29, 0.717) is 0 Å². The van der Waals surface area contributed by atoms with E-state index < -0.39 is 4.92 Å². The Morgan fingerprint density at radius 1 is 1.00 bits per heavy atom. The molecule has 0 amide bonds. The molecule has 2 N–H and O–H groups in total. The molecule has 0 aliphatic heterocycles. The van der Waals surface area contributed by atoms with Gasteiger partial charge in [0.2, 0.25) is 0 Å². The summed E-state index contributed by atoms with van der Waals surface area (Å²) >= 11 is 0. The van der Waals surface area contributed by atoms with E-state index in [-0.39, 0.29) is 24.5 Å². The van der Waals surface area contributed by atoms with Crippen molar-refractivity contribution in [1.29, 1.82) is 0 Å². The highest BCUT2D eigenvalue weighted by molar-refractivity contribution is 5.70. The molecular formula is C16H15NO4.